The molecule has 4 rings (SSSR count). The van der Waals surface area contributed by atoms with E-state index in [4.69, 9.17) is 4.74 Å². The number of amides is 1. The molecule has 2 fully saturated rings. The number of likely N-dealkylation sites (tertiary alicyclic amines) is 1. The van der Waals surface area contributed by atoms with Crippen LogP contribution in [-0.4, -0.2) is 52.9 Å². The van der Waals surface area contributed by atoms with Crippen molar-refractivity contribution in [3.05, 3.63) is 27.7 Å². The van der Waals surface area contributed by atoms with E-state index in [2.05, 4.69) is 15.3 Å². The summed E-state index contributed by atoms with van der Waals surface area (Å²) in [5, 5.41) is 7.77. The van der Waals surface area contributed by atoms with E-state index in [0.717, 1.165) is 56.6 Å². The SMILES string of the molecule is O=C(NCC1CCCCN1CCn1nc2c(cc1=O)COCC2)C1CCCC1. The van der Waals surface area contributed by atoms with Crippen molar-refractivity contribution in [2.45, 2.75) is 70.6 Å². The molecule has 0 radical (unpaired) electrons. The largest absolute Gasteiger partial charge is 0.376 e. The van der Waals surface area contributed by atoms with Gasteiger partial charge < -0.3 is 10.1 Å². The summed E-state index contributed by atoms with van der Waals surface area (Å²) >= 11 is 0. The number of piperidine rings is 1. The number of hydrogen-bond acceptors (Lipinski definition) is 5. The highest BCUT2D eigenvalue weighted by molar-refractivity contribution is 5.78. The molecule has 7 heteroatoms. The number of nitrogens with zero attached hydrogens (tertiary/aromatic N) is 3. The number of nitrogens with one attached hydrogen (secondary N) is 1. The van der Waals surface area contributed by atoms with Crippen LogP contribution in [0.3, 0.4) is 0 Å². The molecule has 1 aliphatic carbocycles. The number of aromatic nitrogens is 2. The summed E-state index contributed by atoms with van der Waals surface area (Å²) in [6.45, 7) is 4.31. The molecule has 1 saturated heterocycles. The maximum atomic E-state index is 12.4. The van der Waals surface area contributed by atoms with Crippen molar-refractivity contribution in [1.29, 1.82) is 0 Å². The highest BCUT2D eigenvalue weighted by atomic mass is 16.5. The molecule has 0 bridgehead atoms. The van der Waals surface area contributed by atoms with Crippen molar-refractivity contribution in [1.82, 2.24) is 20.0 Å². The third-order valence-corrected chi connectivity index (χ3v) is 6.49. The van der Waals surface area contributed by atoms with Gasteiger partial charge in [-0.1, -0.05) is 19.3 Å². The number of hydrogen-bond donors (Lipinski definition) is 1. The first-order valence-electron chi connectivity index (χ1n) is 10.9. The minimum absolute atomic E-state index is 0.0488. The molecule has 1 amide bonds. The zero-order chi connectivity index (χ0) is 19.3. The molecule has 28 heavy (non-hydrogen) atoms. The van der Waals surface area contributed by atoms with Gasteiger partial charge in [-0.05, 0) is 32.2 Å². The van der Waals surface area contributed by atoms with Crippen LogP contribution in [0.4, 0.5) is 0 Å². The molecule has 3 heterocycles. The summed E-state index contributed by atoms with van der Waals surface area (Å²) in [6.07, 6.45) is 8.71. The van der Waals surface area contributed by atoms with Crippen LogP contribution in [-0.2, 0) is 29.1 Å². The lowest BCUT2D eigenvalue weighted by atomic mass is 10.0. The summed E-state index contributed by atoms with van der Waals surface area (Å²) in [6, 6.07) is 2.04. The Morgan fingerprint density at radius 2 is 2.00 bits per heavy atom. The van der Waals surface area contributed by atoms with Gasteiger partial charge in [-0.3, -0.25) is 14.5 Å². The van der Waals surface area contributed by atoms with Gasteiger partial charge in [0.2, 0.25) is 5.91 Å². The van der Waals surface area contributed by atoms with E-state index in [-0.39, 0.29) is 17.4 Å². The molecule has 1 unspecified atom stereocenters. The Kier molecular flexibility index (Phi) is 6.42. The highest BCUT2D eigenvalue weighted by Gasteiger charge is 2.26. The van der Waals surface area contributed by atoms with Crippen LogP contribution >= 0.6 is 0 Å². The molecule has 1 atom stereocenters. The number of ether oxygens (including phenoxy) is 1. The predicted octanol–water partition coefficient (Wildman–Crippen LogP) is 1.48. The number of rotatable bonds is 6. The van der Waals surface area contributed by atoms with Crippen molar-refractivity contribution < 1.29 is 9.53 Å². The van der Waals surface area contributed by atoms with Crippen molar-refractivity contribution in [3.8, 4) is 0 Å². The molecule has 1 aromatic rings. The van der Waals surface area contributed by atoms with E-state index >= 15 is 0 Å². The van der Waals surface area contributed by atoms with Gasteiger partial charge in [0.1, 0.15) is 0 Å². The monoisotopic (exact) mass is 388 g/mol. The van der Waals surface area contributed by atoms with E-state index in [1.165, 1.54) is 25.7 Å². The highest BCUT2D eigenvalue weighted by Crippen LogP contribution is 2.25. The second-order valence-corrected chi connectivity index (χ2v) is 8.39. The van der Waals surface area contributed by atoms with Gasteiger partial charge in [-0.15, -0.1) is 0 Å². The van der Waals surface area contributed by atoms with Gasteiger partial charge in [-0.25, -0.2) is 4.68 Å². The summed E-state index contributed by atoms with van der Waals surface area (Å²) in [5.41, 5.74) is 1.87. The zero-order valence-corrected chi connectivity index (χ0v) is 16.7. The van der Waals surface area contributed by atoms with Crippen LogP contribution < -0.4 is 10.9 Å². The van der Waals surface area contributed by atoms with Gasteiger partial charge >= 0.3 is 0 Å². The second kappa shape index (κ2) is 9.18. The van der Waals surface area contributed by atoms with Crippen molar-refractivity contribution in [3.63, 3.8) is 0 Å². The Bertz CT molecular complexity index is 742. The van der Waals surface area contributed by atoms with Crippen molar-refractivity contribution >= 4 is 5.91 Å². The molecule has 1 saturated carbocycles. The normalized spacial score (nSPS) is 23.5. The van der Waals surface area contributed by atoms with Gasteiger partial charge in [0.15, 0.2) is 0 Å². The van der Waals surface area contributed by atoms with Crippen LogP contribution in [0.15, 0.2) is 10.9 Å². The lowest BCUT2D eigenvalue weighted by Crippen LogP contribution is -2.48. The molecule has 0 aromatic carbocycles. The van der Waals surface area contributed by atoms with Gasteiger partial charge in [0, 0.05) is 43.1 Å². The smallest absolute Gasteiger partial charge is 0.267 e. The summed E-state index contributed by atoms with van der Waals surface area (Å²) < 4.78 is 7.02. The first-order chi connectivity index (χ1) is 13.7. The molecular formula is C21H32N4O3. The fourth-order valence-corrected chi connectivity index (χ4v) is 4.77. The van der Waals surface area contributed by atoms with Crippen molar-refractivity contribution in [2.75, 3.05) is 26.2 Å². The van der Waals surface area contributed by atoms with Crippen LogP contribution in [0.25, 0.3) is 0 Å². The summed E-state index contributed by atoms with van der Waals surface area (Å²) in [4.78, 5) is 27.2. The van der Waals surface area contributed by atoms with E-state index in [1.807, 2.05) is 0 Å². The summed E-state index contributed by atoms with van der Waals surface area (Å²) in [5.74, 6) is 0.456. The number of carbonyl (C=O) groups excluding carboxylic acids is 1. The molecule has 1 N–H and O–H groups in total. The fraction of sp³-hybridized carbons (Fsp3) is 0.762. The second-order valence-electron chi connectivity index (χ2n) is 8.39. The Morgan fingerprint density at radius 3 is 2.86 bits per heavy atom. The van der Waals surface area contributed by atoms with Crippen LogP contribution in [0.5, 0.6) is 0 Å². The van der Waals surface area contributed by atoms with E-state index in [0.29, 0.717) is 25.8 Å². The Hall–Kier alpha value is -1.73. The number of carbonyl (C=O) groups is 1. The van der Waals surface area contributed by atoms with E-state index < -0.39 is 0 Å². The average Bonchev–Trinajstić information content (AvgIpc) is 3.26. The van der Waals surface area contributed by atoms with Crippen LogP contribution in [0, 0.1) is 5.92 Å². The zero-order valence-electron chi connectivity index (χ0n) is 16.7. The van der Waals surface area contributed by atoms with Gasteiger partial charge in [0.05, 0.1) is 25.5 Å². The Morgan fingerprint density at radius 1 is 1.18 bits per heavy atom. The minimum Gasteiger partial charge on any atom is -0.376 e. The fourth-order valence-electron chi connectivity index (χ4n) is 4.77. The van der Waals surface area contributed by atoms with Crippen molar-refractivity contribution in [2.24, 2.45) is 5.92 Å². The minimum atomic E-state index is -0.0488. The third-order valence-electron chi connectivity index (χ3n) is 6.49. The molecule has 0 spiro atoms. The average molecular weight is 389 g/mol. The van der Waals surface area contributed by atoms with Crippen LogP contribution in [0.2, 0.25) is 0 Å². The standard InChI is InChI=1S/C21H32N4O3/c26-20-13-17-15-28-12-8-19(17)23-25(20)11-10-24-9-4-3-7-18(24)14-22-21(27)16-5-1-2-6-16/h13,16,18H,1-12,14-15H2,(H,22,27). The van der Waals surface area contributed by atoms with Gasteiger partial charge in [-0.2, -0.15) is 5.10 Å². The first kappa shape index (κ1) is 19.6. The maximum Gasteiger partial charge on any atom is 0.267 e. The Balaban J connectivity index is 1.33. The van der Waals surface area contributed by atoms with E-state index in [9.17, 15) is 9.59 Å². The van der Waals surface area contributed by atoms with Crippen LogP contribution in [0.1, 0.15) is 56.2 Å². The lowest BCUT2D eigenvalue weighted by molar-refractivity contribution is -0.125. The molecule has 2 aliphatic heterocycles. The predicted molar refractivity (Wildman–Crippen MR) is 106 cm³/mol. The molecule has 154 valence electrons. The van der Waals surface area contributed by atoms with E-state index in [1.54, 1.807) is 10.7 Å². The Labute approximate surface area is 166 Å². The topological polar surface area (TPSA) is 76.5 Å². The quantitative estimate of drug-likeness (QED) is 0.799. The molecular weight excluding hydrogens is 356 g/mol. The third kappa shape index (κ3) is 4.63. The first-order valence-corrected chi connectivity index (χ1v) is 10.9. The maximum absolute atomic E-state index is 12.4. The summed E-state index contributed by atoms with van der Waals surface area (Å²) in [7, 11) is 0. The molecule has 3 aliphatic rings. The molecule has 1 aromatic heterocycles. The molecule has 7 nitrogen and oxygen atoms in total. The van der Waals surface area contributed by atoms with Gasteiger partial charge in [0.25, 0.3) is 5.56 Å². The lowest BCUT2D eigenvalue weighted by Gasteiger charge is -2.36. The number of fused-ring (bicyclic) bond motifs is 1.